The van der Waals surface area contributed by atoms with Crippen LogP contribution in [0.25, 0.3) is 0 Å². The molecule has 112 valence electrons. The van der Waals surface area contributed by atoms with E-state index in [1.165, 1.54) is 4.68 Å². The second kappa shape index (κ2) is 6.76. The van der Waals surface area contributed by atoms with Gasteiger partial charge in [-0.05, 0) is 30.7 Å². The van der Waals surface area contributed by atoms with Gasteiger partial charge in [-0.1, -0.05) is 0 Å². The average molecular weight is 290 g/mol. The number of ether oxygens (including phenoxy) is 2. The minimum absolute atomic E-state index is 0.0500. The number of methoxy groups -OCH3 is 1. The first kappa shape index (κ1) is 14.9. The zero-order chi connectivity index (χ0) is 15.2. The van der Waals surface area contributed by atoms with Crippen LogP contribution in [0.2, 0.25) is 0 Å². The number of aliphatic hydroxyl groups is 1. The van der Waals surface area contributed by atoms with Gasteiger partial charge >= 0.3 is 0 Å². The number of nitrogens with two attached hydrogens (primary N) is 1. The van der Waals surface area contributed by atoms with Gasteiger partial charge in [-0.15, -0.1) is 0 Å². The molecule has 3 N–H and O–H groups in total. The summed E-state index contributed by atoms with van der Waals surface area (Å²) >= 11 is 0. The van der Waals surface area contributed by atoms with Crippen LogP contribution in [-0.4, -0.2) is 41.3 Å². The molecule has 1 aromatic carbocycles. The Morgan fingerprint density at radius 2 is 2.24 bits per heavy atom. The maximum atomic E-state index is 8.78. The third kappa shape index (κ3) is 3.73. The molecule has 0 aliphatic rings. The maximum Gasteiger partial charge on any atom is 0.221 e. The molecule has 7 heteroatoms. The summed E-state index contributed by atoms with van der Waals surface area (Å²) in [6.07, 6.45) is 3.39. The molecule has 0 bridgehead atoms. The van der Waals surface area contributed by atoms with E-state index < -0.39 is 0 Å². The van der Waals surface area contributed by atoms with E-state index in [4.69, 9.17) is 20.3 Å². The fraction of sp³-hybridized carbons (Fsp3) is 0.286. The number of rotatable bonds is 6. The number of aromatic nitrogens is 2. The van der Waals surface area contributed by atoms with Crippen molar-refractivity contribution in [1.82, 2.24) is 9.66 Å². The van der Waals surface area contributed by atoms with Crippen LogP contribution in [-0.2, 0) is 0 Å². The second-order valence-electron chi connectivity index (χ2n) is 4.31. The van der Waals surface area contributed by atoms with Gasteiger partial charge in [0.1, 0.15) is 6.61 Å². The molecule has 0 unspecified atom stereocenters. The van der Waals surface area contributed by atoms with E-state index in [1.54, 1.807) is 31.7 Å². The zero-order valence-electron chi connectivity index (χ0n) is 12.0. The summed E-state index contributed by atoms with van der Waals surface area (Å²) in [6, 6.07) is 5.38. The molecule has 0 aliphatic carbocycles. The van der Waals surface area contributed by atoms with Crippen molar-refractivity contribution in [3.63, 3.8) is 0 Å². The van der Waals surface area contributed by atoms with Gasteiger partial charge in [0.25, 0.3) is 0 Å². The molecule has 21 heavy (non-hydrogen) atoms. The summed E-state index contributed by atoms with van der Waals surface area (Å²) < 4.78 is 12.1. The summed E-state index contributed by atoms with van der Waals surface area (Å²) in [7, 11) is 1.55. The van der Waals surface area contributed by atoms with E-state index >= 15 is 0 Å². The number of anilines is 1. The smallest absolute Gasteiger partial charge is 0.221 e. The molecule has 0 saturated carbocycles. The molecule has 0 saturated heterocycles. The molecule has 1 heterocycles. The second-order valence-corrected chi connectivity index (χ2v) is 4.31. The number of aryl methyl sites for hydroxylation is 1. The number of benzene rings is 1. The number of nitrogens with zero attached hydrogens (tertiary/aromatic N) is 3. The summed E-state index contributed by atoms with van der Waals surface area (Å²) in [4.78, 5) is 4.06. The first-order valence-corrected chi connectivity index (χ1v) is 6.41. The fourth-order valence-corrected chi connectivity index (χ4v) is 1.76. The third-order valence-corrected chi connectivity index (χ3v) is 2.70. The Labute approximate surface area is 122 Å². The van der Waals surface area contributed by atoms with Gasteiger partial charge in [0.2, 0.25) is 5.95 Å². The standard InChI is InChI=1S/C14H18N4O3/c1-10-9-18(14(15)17-10)16-8-11-3-4-12(21-6-5-19)13(7-11)20-2/h3-4,7-9,19H,5-6H2,1-2H3,(H2,15,17). The first-order valence-electron chi connectivity index (χ1n) is 6.41. The predicted octanol–water partition coefficient (Wildman–Crippen LogP) is 1.04. The van der Waals surface area contributed by atoms with Crippen LogP contribution in [0.15, 0.2) is 29.5 Å². The Hall–Kier alpha value is -2.54. The highest BCUT2D eigenvalue weighted by molar-refractivity contribution is 5.81. The van der Waals surface area contributed by atoms with Crippen molar-refractivity contribution in [2.45, 2.75) is 6.92 Å². The van der Waals surface area contributed by atoms with Gasteiger partial charge in [-0.2, -0.15) is 5.10 Å². The quantitative estimate of drug-likeness (QED) is 0.775. The Bertz CT molecular complexity index is 637. The molecular formula is C14H18N4O3. The SMILES string of the molecule is COc1cc(C=Nn2cc(C)nc2N)ccc1OCCO. The lowest BCUT2D eigenvalue weighted by atomic mass is 10.2. The third-order valence-electron chi connectivity index (χ3n) is 2.70. The predicted molar refractivity (Wildman–Crippen MR) is 79.9 cm³/mol. The minimum atomic E-state index is -0.0500. The van der Waals surface area contributed by atoms with Gasteiger partial charge < -0.3 is 20.3 Å². The zero-order valence-corrected chi connectivity index (χ0v) is 12.0. The minimum Gasteiger partial charge on any atom is -0.493 e. The van der Waals surface area contributed by atoms with Crippen molar-refractivity contribution in [2.75, 3.05) is 26.1 Å². The van der Waals surface area contributed by atoms with Gasteiger partial charge in [0, 0.05) is 0 Å². The lowest BCUT2D eigenvalue weighted by Gasteiger charge is -2.10. The maximum absolute atomic E-state index is 8.78. The highest BCUT2D eigenvalue weighted by atomic mass is 16.5. The van der Waals surface area contributed by atoms with Gasteiger partial charge in [-0.25, -0.2) is 9.66 Å². The Balaban J connectivity index is 2.19. The highest BCUT2D eigenvalue weighted by Crippen LogP contribution is 2.27. The molecule has 0 amide bonds. The Kier molecular flexibility index (Phi) is 4.78. The molecule has 0 radical (unpaired) electrons. The summed E-state index contributed by atoms with van der Waals surface area (Å²) in [5, 5.41) is 13.0. The molecule has 2 aromatic rings. The van der Waals surface area contributed by atoms with Crippen LogP contribution in [0.1, 0.15) is 11.3 Å². The van der Waals surface area contributed by atoms with Crippen LogP contribution in [0.5, 0.6) is 11.5 Å². The van der Waals surface area contributed by atoms with Crippen LogP contribution >= 0.6 is 0 Å². The monoisotopic (exact) mass is 290 g/mol. The molecule has 0 atom stereocenters. The molecule has 7 nitrogen and oxygen atoms in total. The molecule has 0 spiro atoms. The fourth-order valence-electron chi connectivity index (χ4n) is 1.76. The highest BCUT2D eigenvalue weighted by Gasteiger charge is 2.05. The van der Waals surface area contributed by atoms with Crippen molar-refractivity contribution >= 4 is 12.2 Å². The number of hydrogen-bond donors (Lipinski definition) is 2. The topological polar surface area (TPSA) is 94.9 Å². The number of hydrogen-bond acceptors (Lipinski definition) is 6. The van der Waals surface area contributed by atoms with Gasteiger partial charge in [0.15, 0.2) is 11.5 Å². The molecule has 1 aromatic heterocycles. The number of imidazole rings is 1. The molecular weight excluding hydrogens is 272 g/mol. The Morgan fingerprint density at radius 1 is 1.43 bits per heavy atom. The van der Waals surface area contributed by atoms with E-state index in [-0.39, 0.29) is 13.2 Å². The van der Waals surface area contributed by atoms with Crippen molar-refractivity contribution in [1.29, 1.82) is 0 Å². The van der Waals surface area contributed by atoms with Crippen molar-refractivity contribution in [3.8, 4) is 11.5 Å². The van der Waals surface area contributed by atoms with Gasteiger partial charge in [-0.3, -0.25) is 0 Å². The van der Waals surface area contributed by atoms with E-state index in [0.29, 0.717) is 17.4 Å². The van der Waals surface area contributed by atoms with Crippen molar-refractivity contribution in [3.05, 3.63) is 35.7 Å². The summed E-state index contributed by atoms with van der Waals surface area (Å²) in [5.74, 6) is 1.47. The molecule has 0 fully saturated rings. The van der Waals surface area contributed by atoms with E-state index in [0.717, 1.165) is 11.3 Å². The van der Waals surface area contributed by atoms with E-state index in [9.17, 15) is 0 Å². The van der Waals surface area contributed by atoms with E-state index in [2.05, 4.69) is 10.1 Å². The number of aliphatic hydroxyl groups excluding tert-OH is 1. The van der Waals surface area contributed by atoms with Crippen LogP contribution in [0.4, 0.5) is 5.95 Å². The van der Waals surface area contributed by atoms with Crippen molar-refractivity contribution < 1.29 is 14.6 Å². The average Bonchev–Trinajstić information content (AvgIpc) is 2.81. The number of nitrogen functional groups attached to an aromatic ring is 1. The summed E-state index contributed by atoms with van der Waals surface area (Å²) in [6.45, 7) is 2.01. The van der Waals surface area contributed by atoms with E-state index in [1.807, 2.05) is 13.0 Å². The summed E-state index contributed by atoms with van der Waals surface area (Å²) in [5.41, 5.74) is 7.34. The largest absolute Gasteiger partial charge is 0.493 e. The van der Waals surface area contributed by atoms with Crippen LogP contribution in [0, 0.1) is 6.92 Å². The lowest BCUT2D eigenvalue weighted by molar-refractivity contribution is 0.196. The Morgan fingerprint density at radius 3 is 2.86 bits per heavy atom. The van der Waals surface area contributed by atoms with Crippen LogP contribution in [0.3, 0.4) is 0 Å². The lowest BCUT2D eigenvalue weighted by Crippen LogP contribution is -2.03. The van der Waals surface area contributed by atoms with Crippen molar-refractivity contribution in [2.24, 2.45) is 5.10 Å². The van der Waals surface area contributed by atoms with Crippen LogP contribution < -0.4 is 15.2 Å². The molecule has 2 rings (SSSR count). The normalized spacial score (nSPS) is 11.0. The van der Waals surface area contributed by atoms with Gasteiger partial charge in [0.05, 0.1) is 31.8 Å². The molecule has 0 aliphatic heterocycles. The first-order chi connectivity index (χ1) is 10.1.